The molecule has 0 aliphatic carbocycles. The van der Waals surface area contributed by atoms with Crippen LogP contribution in [0.2, 0.25) is 5.02 Å². The molecule has 0 spiro atoms. The monoisotopic (exact) mass is 1180 g/mol. The van der Waals surface area contributed by atoms with E-state index in [-0.39, 0.29) is 130 Å². The molecule has 2 aromatic heterocycles. The van der Waals surface area contributed by atoms with Crippen LogP contribution in [-0.2, 0) is 9.59 Å². The number of rotatable bonds is 13. The van der Waals surface area contributed by atoms with Crippen molar-refractivity contribution in [1.29, 1.82) is 5.26 Å². The number of thiophene rings is 1. The summed E-state index contributed by atoms with van der Waals surface area (Å²) >= 11 is 7.44. The van der Waals surface area contributed by atoms with Gasteiger partial charge in [0, 0.05) is 66.9 Å². The number of halogens is 5. The van der Waals surface area contributed by atoms with Crippen molar-refractivity contribution in [3.8, 4) is 23.2 Å². The SMILES string of the molecule is C=C/C(F)=c1/sc(N)c(C#N)/c1=C\c1c(Cl)cc2c(N3CC4CCC(C3)N4)nc(OC)nc2c1F.CC(C)C.C[N-]C(C)c1ccc(-c2c(F)cccc2F)cc1.O=C(CN1C(=O)CCC1CCCN1CCCC1)N1CCC(O)C1.[K+]. The molecule has 5 saturated heterocycles. The number of aliphatic hydroxyl groups excluding tert-OH is 1. The van der Waals surface area contributed by atoms with Gasteiger partial charge in [0.1, 0.15) is 46.4 Å². The first kappa shape index (κ1) is 65.6. The number of ether oxygens (including phenoxy) is 1. The summed E-state index contributed by atoms with van der Waals surface area (Å²) in [5, 5.41) is 27.6. The molecule has 5 unspecified atom stereocenters. The smallest absolute Gasteiger partial charge is 0.659 e. The maximum atomic E-state index is 16.0. The van der Waals surface area contributed by atoms with E-state index in [1.165, 1.54) is 57.3 Å². The van der Waals surface area contributed by atoms with Crippen LogP contribution in [0.3, 0.4) is 0 Å². The number of carbonyl (C=O) groups excluding carboxylic acids is 2. The number of nitrogen functional groups attached to an aromatic ring is 1. The Morgan fingerprint density at radius 1 is 1.02 bits per heavy atom. The second-order valence-corrected chi connectivity index (χ2v) is 23.0. The molecule has 5 fully saturated rings. The van der Waals surface area contributed by atoms with Crippen molar-refractivity contribution < 1.29 is 88.4 Å². The van der Waals surface area contributed by atoms with Crippen LogP contribution in [0, 0.1) is 34.7 Å². The quantitative estimate of drug-likeness (QED) is 0.0836. The zero-order valence-electron chi connectivity index (χ0n) is 47.6. The second-order valence-electron chi connectivity index (χ2n) is 21.5. The number of piperazine rings is 1. The van der Waals surface area contributed by atoms with E-state index < -0.39 is 29.4 Å². The van der Waals surface area contributed by atoms with Gasteiger partial charge >= 0.3 is 57.4 Å². The normalized spacial score (nSPS) is 20.4. The molecule has 81 heavy (non-hydrogen) atoms. The fourth-order valence-corrected chi connectivity index (χ4v) is 11.8. The van der Waals surface area contributed by atoms with Gasteiger partial charge in [-0.15, -0.1) is 17.4 Å². The van der Waals surface area contributed by atoms with Crippen molar-refractivity contribution in [3.63, 3.8) is 0 Å². The fraction of sp³-hybridized carbons (Fsp3) is 0.483. The number of hydrogen-bond acceptors (Lipinski definition) is 12. The maximum Gasteiger partial charge on any atom is 1.00 e. The minimum absolute atomic E-state index is 0. The van der Waals surface area contributed by atoms with Crippen molar-refractivity contribution in [2.24, 2.45) is 5.92 Å². The Hall–Kier alpha value is -4.50. The largest absolute Gasteiger partial charge is 1.00 e. The van der Waals surface area contributed by atoms with Crippen LogP contribution in [0.4, 0.5) is 28.4 Å². The number of amides is 2. The number of nitrogens with two attached hydrogens (primary N) is 1. The molecule has 430 valence electrons. The summed E-state index contributed by atoms with van der Waals surface area (Å²) in [4.78, 5) is 41.3. The molecule has 0 saturated carbocycles. The van der Waals surface area contributed by atoms with Crippen LogP contribution in [0.5, 0.6) is 6.01 Å². The number of β-amino-alcohol motifs (C(OH)–C–C–N with tert-alkyl or cyclic N) is 1. The molecule has 5 aliphatic heterocycles. The molecule has 7 heterocycles. The average Bonchev–Trinajstić information content (AvgIpc) is 4.45. The molecule has 21 heteroatoms. The third-order valence-corrected chi connectivity index (χ3v) is 16.2. The zero-order valence-corrected chi connectivity index (χ0v) is 52.3. The summed E-state index contributed by atoms with van der Waals surface area (Å²) in [6.45, 7) is 18.1. The molecule has 3 aromatic carbocycles. The predicted octanol–water partition coefficient (Wildman–Crippen LogP) is 6.79. The van der Waals surface area contributed by atoms with Gasteiger partial charge in [-0.25, -0.2) is 17.6 Å². The van der Waals surface area contributed by atoms with Gasteiger partial charge in [-0.05, 0) is 113 Å². The number of fused-ring (bicyclic) bond motifs is 3. The topological polar surface area (TPSA) is 178 Å². The standard InChI is InChI=1S/C24H21ClF2N6OS.C17H29N3O3.C15H14F2N.C4H10.K/c1-3-18(26)21-13(16(8-28)22(29)35-21)6-14-17(25)7-15-20(19(14)27)31-24(34-2)32-23(15)33-9-11-4-5-12(10-33)30-11;21-15-7-11-19(12-15)17(23)13-20-14(5-6-16(20)22)4-3-10-18-8-1-2-9-18;1-10(18-2)11-6-8-12(9-7-11)15-13(16)4-3-5-14(15)17;1-4(2)3;/h3,6-7,11-12,30H,1,4-5,9-10,29H2,2H3;14-15,21H,1-13H2;3-10H,1-2H3;4H,1-3H3;/q;;-1;;+1/b13-6+,21-18-;;;;. The molecule has 2 bridgehead atoms. The van der Waals surface area contributed by atoms with Crippen LogP contribution in [0.25, 0.3) is 39.2 Å². The summed E-state index contributed by atoms with van der Waals surface area (Å²) in [6, 6.07) is 15.6. The van der Waals surface area contributed by atoms with Crippen LogP contribution in [0.15, 0.2) is 61.2 Å². The van der Waals surface area contributed by atoms with E-state index in [1.807, 2.05) is 25.1 Å². The molecule has 5 aliphatic rings. The summed E-state index contributed by atoms with van der Waals surface area (Å²) in [6.07, 6.45) is 10.9. The number of aliphatic hydroxyl groups is 1. The third-order valence-electron chi connectivity index (χ3n) is 14.9. The number of hydrogen-bond donors (Lipinski definition) is 3. The Kier molecular flexibility index (Phi) is 25.0. The minimum atomic E-state index is -0.730. The van der Waals surface area contributed by atoms with Crippen LogP contribution in [-0.4, -0.2) is 132 Å². The Labute approximate surface area is 524 Å². The summed E-state index contributed by atoms with van der Waals surface area (Å²) in [7, 11) is 3.16. The molecule has 0 radical (unpaired) electrons. The van der Waals surface area contributed by atoms with E-state index in [4.69, 9.17) is 22.1 Å². The number of aromatic nitrogens is 2. The number of benzene rings is 3. The maximum absolute atomic E-state index is 16.0. The first-order valence-electron chi connectivity index (χ1n) is 27.5. The molecule has 5 aromatic rings. The number of allylic oxidation sites excluding steroid dienone is 1. The third kappa shape index (κ3) is 16.9. The second kappa shape index (κ2) is 30.9. The predicted molar refractivity (Wildman–Crippen MR) is 311 cm³/mol. The van der Waals surface area contributed by atoms with E-state index in [9.17, 15) is 33.1 Å². The van der Waals surface area contributed by atoms with Crippen molar-refractivity contribution >= 4 is 68.4 Å². The molecule has 4 N–H and O–H groups in total. The Morgan fingerprint density at radius 3 is 2.26 bits per heavy atom. The van der Waals surface area contributed by atoms with Crippen molar-refractivity contribution in [2.75, 3.05) is 77.1 Å². The molecule has 10 rings (SSSR count). The number of nitrogens with one attached hydrogen (secondary N) is 1. The van der Waals surface area contributed by atoms with Gasteiger partial charge in [-0.2, -0.15) is 22.3 Å². The first-order valence-corrected chi connectivity index (χ1v) is 28.7. The van der Waals surface area contributed by atoms with Gasteiger partial charge in [0.05, 0.1) is 33.9 Å². The van der Waals surface area contributed by atoms with E-state index in [1.54, 1.807) is 35.0 Å². The number of anilines is 2. The van der Waals surface area contributed by atoms with E-state index in [2.05, 4.69) is 57.8 Å². The van der Waals surface area contributed by atoms with Crippen molar-refractivity contribution in [1.82, 2.24) is 30.0 Å². The summed E-state index contributed by atoms with van der Waals surface area (Å²) in [5.74, 6) is -1.02. The van der Waals surface area contributed by atoms with Crippen LogP contribution >= 0.6 is 22.9 Å². The molecule has 2 amide bonds. The van der Waals surface area contributed by atoms with Crippen LogP contribution < -0.4 is 81.8 Å². The van der Waals surface area contributed by atoms with Gasteiger partial charge in [0.2, 0.25) is 11.8 Å². The minimum Gasteiger partial charge on any atom is -0.659 e. The number of carbonyl (C=O) groups is 2. The van der Waals surface area contributed by atoms with Crippen molar-refractivity contribution in [3.05, 3.63) is 115 Å². The fourth-order valence-electron chi connectivity index (χ4n) is 10.7. The van der Waals surface area contributed by atoms with E-state index >= 15 is 4.39 Å². The summed E-state index contributed by atoms with van der Waals surface area (Å²) in [5.41, 5.74) is 7.52. The average molecular weight is 1180 g/mol. The van der Waals surface area contributed by atoms with E-state index in [0.717, 1.165) is 80.6 Å². The van der Waals surface area contributed by atoms with Gasteiger partial charge < -0.3 is 45.8 Å². The Morgan fingerprint density at radius 2 is 1.68 bits per heavy atom. The Balaban J connectivity index is 0.000000199. The van der Waals surface area contributed by atoms with Gasteiger partial charge in [0.25, 0.3) is 0 Å². The first-order chi connectivity index (χ1) is 38.3. The molecule has 14 nitrogen and oxygen atoms in total. The van der Waals surface area contributed by atoms with Crippen molar-refractivity contribution in [2.45, 2.75) is 116 Å². The van der Waals surface area contributed by atoms with Gasteiger partial charge in [-0.3, -0.25) is 9.59 Å². The molecular formula is C60H74ClF4KN10O4S. The number of nitriles is 1. The summed E-state index contributed by atoms with van der Waals surface area (Å²) < 4.78 is 63.0. The Bertz CT molecular complexity index is 3130. The van der Waals surface area contributed by atoms with Crippen LogP contribution in [0.1, 0.15) is 108 Å². The molecule has 5 atom stereocenters. The van der Waals surface area contributed by atoms with E-state index in [0.29, 0.717) is 54.8 Å². The molecular weight excluding hydrogens is 1110 g/mol. The number of likely N-dealkylation sites (tertiary alicyclic amines) is 3. The van der Waals surface area contributed by atoms with Gasteiger partial charge in [0.15, 0.2) is 5.82 Å². The number of nitrogens with zero attached hydrogens (tertiary/aromatic N) is 8. The van der Waals surface area contributed by atoms with Gasteiger partial charge in [-0.1, -0.05) is 81.8 Å². The number of methoxy groups -OCH3 is 1. The zero-order chi connectivity index (χ0) is 57.8.